The van der Waals surface area contributed by atoms with Crippen LogP contribution in [0.15, 0.2) is 71.2 Å². The molecule has 0 aromatic heterocycles. The Hall–Kier alpha value is -3.19. The van der Waals surface area contributed by atoms with Gasteiger partial charge in [-0.2, -0.15) is 0 Å². The van der Waals surface area contributed by atoms with Crippen LogP contribution in [0.3, 0.4) is 0 Å². The fourth-order valence-corrected chi connectivity index (χ4v) is 4.29. The zero-order chi connectivity index (χ0) is 26.8. The molecule has 0 spiro atoms. The molecule has 3 rings (SSSR count). The van der Waals surface area contributed by atoms with Crippen LogP contribution < -0.4 is 10.1 Å². The molecule has 3 aromatic rings. The number of ether oxygens (including phenoxy) is 1. The second kappa shape index (κ2) is 13.9. The van der Waals surface area contributed by atoms with Gasteiger partial charge in [0.15, 0.2) is 6.61 Å². The Bertz CT molecular complexity index is 1160. The van der Waals surface area contributed by atoms with Crippen molar-refractivity contribution in [3.05, 3.63) is 99.3 Å². The first-order valence-corrected chi connectivity index (χ1v) is 13.3. The molecule has 0 aliphatic carbocycles. The fraction of sp³-hybridized carbons (Fsp3) is 0.333. The smallest absolute Gasteiger partial charge is 0.261 e. The highest BCUT2D eigenvalue weighted by Crippen LogP contribution is 2.26. The van der Waals surface area contributed by atoms with Gasteiger partial charge >= 0.3 is 0 Å². The van der Waals surface area contributed by atoms with Gasteiger partial charge in [-0.15, -0.1) is 0 Å². The van der Waals surface area contributed by atoms with Gasteiger partial charge in [0.25, 0.3) is 5.91 Å². The van der Waals surface area contributed by atoms with E-state index in [1.165, 1.54) is 12.1 Å². The molecule has 0 unspecified atom stereocenters. The summed E-state index contributed by atoms with van der Waals surface area (Å²) in [5.41, 5.74) is 3.67. The molecule has 3 aromatic carbocycles. The lowest BCUT2D eigenvalue weighted by atomic mass is 10.0. The summed E-state index contributed by atoms with van der Waals surface area (Å²) in [5.74, 6) is -0.318. The molecule has 0 aliphatic rings. The van der Waals surface area contributed by atoms with E-state index in [2.05, 4.69) is 28.2 Å². The topological polar surface area (TPSA) is 58.6 Å². The zero-order valence-electron chi connectivity index (χ0n) is 21.6. The minimum atomic E-state index is -0.756. The van der Waals surface area contributed by atoms with E-state index in [0.29, 0.717) is 18.7 Å². The van der Waals surface area contributed by atoms with Crippen molar-refractivity contribution in [2.45, 2.75) is 52.6 Å². The molecule has 0 fully saturated rings. The van der Waals surface area contributed by atoms with Gasteiger partial charge in [0, 0.05) is 24.0 Å². The molecule has 196 valence electrons. The van der Waals surface area contributed by atoms with Crippen LogP contribution in [0.4, 0.5) is 4.39 Å². The number of nitrogens with one attached hydrogen (secondary N) is 1. The Morgan fingerprint density at radius 3 is 2.27 bits per heavy atom. The maximum atomic E-state index is 13.6. The van der Waals surface area contributed by atoms with Gasteiger partial charge < -0.3 is 15.0 Å². The van der Waals surface area contributed by atoms with E-state index in [1.54, 1.807) is 17.0 Å². The highest BCUT2D eigenvalue weighted by Gasteiger charge is 2.30. The maximum Gasteiger partial charge on any atom is 0.261 e. The first-order chi connectivity index (χ1) is 17.8. The molecule has 7 heteroatoms. The molecule has 37 heavy (non-hydrogen) atoms. The molecular formula is C30H34BrFN2O3. The summed E-state index contributed by atoms with van der Waals surface area (Å²) in [5, 5.41) is 2.99. The molecule has 0 bridgehead atoms. The highest BCUT2D eigenvalue weighted by molar-refractivity contribution is 9.10. The normalized spacial score (nSPS) is 11.6. The summed E-state index contributed by atoms with van der Waals surface area (Å²) < 4.78 is 20.5. The summed E-state index contributed by atoms with van der Waals surface area (Å²) in [6.07, 6.45) is 2.14. The summed E-state index contributed by atoms with van der Waals surface area (Å²) in [7, 11) is 0. The fourth-order valence-electron chi connectivity index (χ4n) is 4.06. The number of carbonyl (C=O) groups excluding carboxylic acids is 2. The van der Waals surface area contributed by atoms with Crippen molar-refractivity contribution < 1.29 is 18.7 Å². The van der Waals surface area contributed by atoms with Crippen LogP contribution in [0.2, 0.25) is 0 Å². The maximum absolute atomic E-state index is 13.6. The van der Waals surface area contributed by atoms with E-state index in [-0.39, 0.29) is 30.8 Å². The number of nitrogens with zero attached hydrogens (tertiary/aromatic N) is 1. The first-order valence-electron chi connectivity index (χ1n) is 12.5. The lowest BCUT2D eigenvalue weighted by Crippen LogP contribution is -2.51. The third-order valence-corrected chi connectivity index (χ3v) is 7.39. The molecule has 0 saturated heterocycles. The third-order valence-electron chi connectivity index (χ3n) is 6.14. The first kappa shape index (κ1) is 28.4. The number of halogens is 2. The summed E-state index contributed by atoms with van der Waals surface area (Å²) in [4.78, 5) is 28.6. The van der Waals surface area contributed by atoms with E-state index < -0.39 is 6.04 Å². The molecular weight excluding hydrogens is 535 g/mol. The number of aryl methyl sites for hydroxylation is 2. The zero-order valence-corrected chi connectivity index (χ0v) is 23.2. The lowest BCUT2D eigenvalue weighted by molar-refractivity contribution is -0.142. The molecule has 0 aliphatic heterocycles. The van der Waals surface area contributed by atoms with Gasteiger partial charge in [-0.1, -0.05) is 71.7 Å². The monoisotopic (exact) mass is 568 g/mol. The molecule has 1 N–H and O–H groups in total. The van der Waals surface area contributed by atoms with E-state index in [9.17, 15) is 14.0 Å². The Morgan fingerprint density at radius 1 is 1.00 bits per heavy atom. The Morgan fingerprint density at radius 2 is 1.65 bits per heavy atom. The second-order valence-electron chi connectivity index (χ2n) is 9.16. The minimum absolute atomic E-state index is 0.152. The van der Waals surface area contributed by atoms with Crippen LogP contribution in [0, 0.1) is 19.7 Å². The van der Waals surface area contributed by atoms with Gasteiger partial charge in [-0.3, -0.25) is 9.59 Å². The van der Waals surface area contributed by atoms with Crippen LogP contribution in [0.5, 0.6) is 5.75 Å². The van der Waals surface area contributed by atoms with Gasteiger partial charge in [-0.05, 0) is 66.8 Å². The van der Waals surface area contributed by atoms with E-state index >= 15 is 0 Å². The molecule has 0 heterocycles. The van der Waals surface area contributed by atoms with Gasteiger partial charge in [0.1, 0.15) is 17.6 Å². The van der Waals surface area contributed by atoms with Crippen LogP contribution in [0.25, 0.3) is 0 Å². The second-order valence-corrected chi connectivity index (χ2v) is 9.95. The summed E-state index contributed by atoms with van der Waals surface area (Å²) in [6.45, 7) is 6.44. The Kier molecular flexibility index (Phi) is 10.7. The largest absolute Gasteiger partial charge is 0.484 e. The van der Waals surface area contributed by atoms with Crippen LogP contribution in [-0.2, 0) is 22.6 Å². The number of amides is 2. The number of rotatable bonds is 12. The van der Waals surface area contributed by atoms with Crippen molar-refractivity contribution in [2.75, 3.05) is 13.2 Å². The molecule has 0 radical (unpaired) electrons. The summed E-state index contributed by atoms with van der Waals surface area (Å²) in [6, 6.07) is 18.6. The summed E-state index contributed by atoms with van der Waals surface area (Å²) >= 11 is 3.55. The predicted molar refractivity (Wildman–Crippen MR) is 148 cm³/mol. The number of benzene rings is 3. The minimum Gasteiger partial charge on any atom is -0.484 e. The molecule has 0 saturated carbocycles. The van der Waals surface area contributed by atoms with Crippen LogP contribution in [0.1, 0.15) is 42.0 Å². The SMILES string of the molecule is CCCCNC(=O)[C@@H](Cc1ccccc1)N(Cc1ccc(F)cc1)C(=O)COc1cc(C)c(Br)c(C)c1. The van der Waals surface area contributed by atoms with Crippen molar-refractivity contribution in [1.29, 1.82) is 0 Å². The Labute approximate surface area is 227 Å². The van der Waals surface area contributed by atoms with Gasteiger partial charge in [-0.25, -0.2) is 4.39 Å². The number of hydrogen-bond acceptors (Lipinski definition) is 3. The van der Waals surface area contributed by atoms with E-state index in [1.807, 2.05) is 56.3 Å². The number of hydrogen-bond donors (Lipinski definition) is 1. The van der Waals surface area contributed by atoms with Crippen molar-refractivity contribution in [2.24, 2.45) is 0 Å². The number of carbonyl (C=O) groups is 2. The van der Waals surface area contributed by atoms with Gasteiger partial charge in [0.05, 0.1) is 0 Å². The predicted octanol–water partition coefficient (Wildman–Crippen LogP) is 6.14. The van der Waals surface area contributed by atoms with E-state index in [0.717, 1.165) is 39.6 Å². The van der Waals surface area contributed by atoms with E-state index in [4.69, 9.17) is 4.74 Å². The van der Waals surface area contributed by atoms with Crippen molar-refractivity contribution in [1.82, 2.24) is 10.2 Å². The average molecular weight is 570 g/mol. The molecule has 2 amide bonds. The third kappa shape index (κ3) is 8.42. The van der Waals surface area contributed by atoms with Crippen LogP contribution in [-0.4, -0.2) is 35.9 Å². The molecule has 5 nitrogen and oxygen atoms in total. The standard InChI is InChI=1S/C30H34BrFN2O3/c1-4-5-15-33-30(36)27(18-23-9-7-6-8-10-23)34(19-24-11-13-25(32)14-12-24)28(35)20-37-26-16-21(2)29(31)22(3)17-26/h6-14,16-17,27H,4-5,15,18-20H2,1-3H3,(H,33,36)/t27-/m1/s1. The highest BCUT2D eigenvalue weighted by atomic mass is 79.9. The molecule has 1 atom stereocenters. The quantitative estimate of drug-likeness (QED) is 0.267. The average Bonchev–Trinajstić information content (AvgIpc) is 2.89. The van der Waals surface area contributed by atoms with Crippen molar-refractivity contribution in [3.8, 4) is 5.75 Å². The Balaban J connectivity index is 1.89. The van der Waals surface area contributed by atoms with Crippen LogP contribution >= 0.6 is 15.9 Å². The van der Waals surface area contributed by atoms with Gasteiger partial charge in [0.2, 0.25) is 5.91 Å². The van der Waals surface area contributed by atoms with Crippen molar-refractivity contribution >= 4 is 27.7 Å². The van der Waals surface area contributed by atoms with Crippen molar-refractivity contribution in [3.63, 3.8) is 0 Å². The number of unbranched alkanes of at least 4 members (excludes halogenated alkanes) is 1. The lowest BCUT2D eigenvalue weighted by Gasteiger charge is -2.31.